The molecule has 0 aliphatic carbocycles. The first-order valence-electron chi connectivity index (χ1n) is 5.71. The third kappa shape index (κ3) is 3.84. The first-order valence-corrected chi connectivity index (χ1v) is 8.14. The molecule has 0 saturated heterocycles. The summed E-state index contributed by atoms with van der Waals surface area (Å²) in [5.74, 6) is 0. The molecule has 2 aromatic rings. The molecular formula is C12H15N3O2S2. The van der Waals surface area contributed by atoms with E-state index in [1.165, 1.54) is 12.1 Å². The molecule has 0 saturated carbocycles. The maximum Gasteiger partial charge on any atom is 0.238 e. The Morgan fingerprint density at radius 3 is 2.58 bits per heavy atom. The van der Waals surface area contributed by atoms with Crippen molar-refractivity contribution in [1.82, 2.24) is 10.3 Å². The molecule has 0 spiro atoms. The van der Waals surface area contributed by atoms with Crippen molar-refractivity contribution in [1.29, 1.82) is 0 Å². The molecular weight excluding hydrogens is 282 g/mol. The van der Waals surface area contributed by atoms with Crippen molar-refractivity contribution in [3.05, 3.63) is 46.4 Å². The Kier molecular flexibility index (Phi) is 4.31. The first kappa shape index (κ1) is 14.1. The number of hydrogen-bond donors (Lipinski definition) is 2. The van der Waals surface area contributed by atoms with Crippen LogP contribution in [0.4, 0.5) is 0 Å². The zero-order valence-corrected chi connectivity index (χ0v) is 12.0. The molecule has 0 amide bonds. The summed E-state index contributed by atoms with van der Waals surface area (Å²) in [4.78, 5) is 4.36. The second-order valence-corrected chi connectivity index (χ2v) is 6.65. The van der Waals surface area contributed by atoms with Gasteiger partial charge in [0.25, 0.3) is 0 Å². The van der Waals surface area contributed by atoms with E-state index in [-0.39, 0.29) is 10.9 Å². The number of nitrogens with two attached hydrogens (primary N) is 1. The van der Waals surface area contributed by atoms with Crippen LogP contribution < -0.4 is 10.5 Å². The van der Waals surface area contributed by atoms with Crippen LogP contribution in [-0.2, 0) is 16.6 Å². The molecule has 3 N–H and O–H groups in total. The van der Waals surface area contributed by atoms with Crippen LogP contribution in [0.25, 0.3) is 0 Å². The molecule has 0 bridgehead atoms. The van der Waals surface area contributed by atoms with E-state index in [0.29, 0.717) is 6.54 Å². The molecule has 0 aliphatic rings. The molecule has 1 atom stereocenters. The van der Waals surface area contributed by atoms with Gasteiger partial charge in [0.1, 0.15) is 5.01 Å². The Hall–Kier alpha value is -1.28. The second-order valence-electron chi connectivity index (χ2n) is 4.16. The summed E-state index contributed by atoms with van der Waals surface area (Å²) in [5, 5.41) is 11.3. The summed E-state index contributed by atoms with van der Waals surface area (Å²) in [5.41, 5.74) is 0.996. The van der Waals surface area contributed by atoms with Gasteiger partial charge in [0.15, 0.2) is 0 Å². The van der Waals surface area contributed by atoms with Crippen molar-refractivity contribution in [3.8, 4) is 0 Å². The number of aromatic nitrogens is 1. The van der Waals surface area contributed by atoms with E-state index in [9.17, 15) is 8.42 Å². The fourth-order valence-electron chi connectivity index (χ4n) is 1.60. The molecule has 1 unspecified atom stereocenters. The standard InChI is InChI=1S/C12H15N3O2S2/c1-9(12-14-6-7-18-12)15-8-10-2-4-11(5-3-10)19(13,16)17/h2-7,9,15H,8H2,1H3,(H2,13,16,17). The predicted molar refractivity (Wildman–Crippen MR) is 75.2 cm³/mol. The van der Waals surface area contributed by atoms with Crippen LogP contribution in [0.5, 0.6) is 0 Å². The normalized spacial score (nSPS) is 13.4. The molecule has 1 aromatic carbocycles. The lowest BCUT2D eigenvalue weighted by molar-refractivity contribution is 0.571. The van der Waals surface area contributed by atoms with Crippen molar-refractivity contribution >= 4 is 21.4 Å². The molecule has 0 fully saturated rings. The van der Waals surface area contributed by atoms with E-state index in [1.807, 2.05) is 12.3 Å². The molecule has 0 aliphatic heterocycles. The van der Waals surface area contributed by atoms with Crippen molar-refractivity contribution in [3.63, 3.8) is 0 Å². The maximum absolute atomic E-state index is 11.1. The Morgan fingerprint density at radius 1 is 1.37 bits per heavy atom. The Balaban J connectivity index is 1.97. The van der Waals surface area contributed by atoms with Gasteiger partial charge in [-0.25, -0.2) is 18.5 Å². The van der Waals surface area contributed by atoms with Gasteiger partial charge in [-0.05, 0) is 24.6 Å². The fraction of sp³-hybridized carbons (Fsp3) is 0.250. The molecule has 1 heterocycles. The van der Waals surface area contributed by atoms with E-state index >= 15 is 0 Å². The van der Waals surface area contributed by atoms with Crippen molar-refractivity contribution in [2.75, 3.05) is 0 Å². The highest BCUT2D eigenvalue weighted by Gasteiger charge is 2.09. The largest absolute Gasteiger partial charge is 0.304 e. The number of primary sulfonamides is 1. The van der Waals surface area contributed by atoms with Gasteiger partial charge in [-0.2, -0.15) is 0 Å². The number of hydrogen-bond acceptors (Lipinski definition) is 5. The highest BCUT2D eigenvalue weighted by molar-refractivity contribution is 7.89. The summed E-state index contributed by atoms with van der Waals surface area (Å²) in [6.07, 6.45) is 1.78. The van der Waals surface area contributed by atoms with E-state index < -0.39 is 10.0 Å². The molecule has 5 nitrogen and oxygen atoms in total. The number of nitrogens with zero attached hydrogens (tertiary/aromatic N) is 1. The van der Waals surface area contributed by atoms with Crippen molar-refractivity contribution in [2.24, 2.45) is 5.14 Å². The first-order chi connectivity index (χ1) is 8.97. The highest BCUT2D eigenvalue weighted by Crippen LogP contribution is 2.15. The molecule has 102 valence electrons. The van der Waals surface area contributed by atoms with Gasteiger partial charge in [-0.15, -0.1) is 11.3 Å². The lowest BCUT2D eigenvalue weighted by atomic mass is 10.2. The molecule has 7 heteroatoms. The van der Waals surface area contributed by atoms with Gasteiger partial charge in [0.05, 0.1) is 10.9 Å². The van der Waals surface area contributed by atoms with Crippen LogP contribution in [0.2, 0.25) is 0 Å². The number of sulfonamides is 1. The minimum absolute atomic E-state index is 0.129. The van der Waals surface area contributed by atoms with Gasteiger partial charge >= 0.3 is 0 Å². The lowest BCUT2D eigenvalue weighted by Gasteiger charge is -2.11. The molecule has 0 radical (unpaired) electrons. The smallest absolute Gasteiger partial charge is 0.238 e. The fourth-order valence-corrected chi connectivity index (χ4v) is 2.79. The topological polar surface area (TPSA) is 85.1 Å². The van der Waals surface area contributed by atoms with E-state index in [0.717, 1.165) is 10.6 Å². The van der Waals surface area contributed by atoms with E-state index in [2.05, 4.69) is 10.3 Å². The summed E-state index contributed by atoms with van der Waals surface area (Å²) in [6, 6.07) is 6.70. The van der Waals surface area contributed by atoms with Crippen LogP contribution in [0.3, 0.4) is 0 Å². The number of nitrogens with one attached hydrogen (secondary N) is 1. The van der Waals surface area contributed by atoms with Crippen molar-refractivity contribution in [2.45, 2.75) is 24.4 Å². The molecule has 1 aromatic heterocycles. The third-order valence-corrected chi connectivity index (χ3v) is 4.57. The maximum atomic E-state index is 11.1. The van der Waals surface area contributed by atoms with Crippen LogP contribution in [0.15, 0.2) is 40.7 Å². The minimum atomic E-state index is -3.62. The quantitative estimate of drug-likeness (QED) is 0.878. The van der Waals surface area contributed by atoms with Gasteiger partial charge in [0, 0.05) is 18.1 Å². The van der Waals surface area contributed by atoms with E-state index in [1.54, 1.807) is 29.7 Å². The van der Waals surface area contributed by atoms with Crippen LogP contribution in [0, 0.1) is 0 Å². The van der Waals surface area contributed by atoms with Gasteiger partial charge in [-0.3, -0.25) is 0 Å². The number of rotatable bonds is 5. The zero-order chi connectivity index (χ0) is 13.9. The predicted octanol–water partition coefficient (Wildman–Crippen LogP) is 1.64. The van der Waals surface area contributed by atoms with E-state index in [4.69, 9.17) is 5.14 Å². The average molecular weight is 297 g/mol. The van der Waals surface area contributed by atoms with Crippen LogP contribution in [-0.4, -0.2) is 13.4 Å². The van der Waals surface area contributed by atoms with Gasteiger partial charge < -0.3 is 5.32 Å². The monoisotopic (exact) mass is 297 g/mol. The minimum Gasteiger partial charge on any atom is -0.304 e. The van der Waals surface area contributed by atoms with Gasteiger partial charge in [0.2, 0.25) is 10.0 Å². The average Bonchev–Trinajstić information content (AvgIpc) is 2.89. The summed E-state index contributed by atoms with van der Waals surface area (Å²) in [7, 11) is -3.62. The molecule has 19 heavy (non-hydrogen) atoms. The summed E-state index contributed by atoms with van der Waals surface area (Å²) < 4.78 is 22.2. The Morgan fingerprint density at radius 2 is 2.05 bits per heavy atom. The summed E-state index contributed by atoms with van der Waals surface area (Å²) in [6.45, 7) is 2.68. The second kappa shape index (κ2) is 5.79. The zero-order valence-electron chi connectivity index (χ0n) is 10.4. The highest BCUT2D eigenvalue weighted by atomic mass is 32.2. The lowest BCUT2D eigenvalue weighted by Crippen LogP contribution is -2.18. The summed E-state index contributed by atoms with van der Waals surface area (Å²) >= 11 is 1.60. The number of benzene rings is 1. The van der Waals surface area contributed by atoms with Crippen LogP contribution in [0.1, 0.15) is 23.5 Å². The third-order valence-electron chi connectivity index (χ3n) is 2.69. The molecule has 2 rings (SSSR count). The van der Waals surface area contributed by atoms with Crippen LogP contribution >= 0.6 is 11.3 Å². The van der Waals surface area contributed by atoms with Crippen molar-refractivity contribution < 1.29 is 8.42 Å². The SMILES string of the molecule is CC(NCc1ccc(S(N)(=O)=O)cc1)c1nccs1. The number of thiazole rings is 1. The van der Waals surface area contributed by atoms with Gasteiger partial charge in [-0.1, -0.05) is 12.1 Å². The Bertz CT molecular complexity index is 622. The Labute approximate surface area is 116 Å².